The standard InChI is InChI=1S/C23H26FN5O3S/c1-14-18(19-20(27-23(2)6-7-23)25-13-26-21(19)32-14)22(30)29-10-8-28(9-11-29)16-5-4-15(24)12-17(16)33(3)31/h4-5,12-13H,6-11H2,1-3H3,(H,25,26,27). The van der Waals surface area contributed by atoms with Crippen LogP contribution in [-0.2, 0) is 11.2 Å². The molecule has 10 heteroatoms. The minimum Gasteiger partial charge on any atom is -0.612 e. The molecule has 3 aromatic rings. The van der Waals surface area contributed by atoms with Crippen LogP contribution in [0.15, 0.2) is 33.8 Å². The Bertz CT molecular complexity index is 1220. The second-order valence-corrected chi connectivity index (χ2v) is 10.3. The van der Waals surface area contributed by atoms with Gasteiger partial charge in [-0.3, -0.25) is 4.79 Å². The van der Waals surface area contributed by atoms with Gasteiger partial charge in [0.25, 0.3) is 5.91 Å². The Morgan fingerprint density at radius 2 is 1.97 bits per heavy atom. The Hall–Kier alpha value is -2.85. The zero-order chi connectivity index (χ0) is 23.3. The van der Waals surface area contributed by atoms with Crippen molar-refractivity contribution in [1.82, 2.24) is 14.9 Å². The second kappa shape index (κ2) is 8.18. The Labute approximate surface area is 194 Å². The maximum absolute atomic E-state index is 13.7. The molecule has 2 aromatic heterocycles. The van der Waals surface area contributed by atoms with Gasteiger partial charge in [-0.2, -0.15) is 0 Å². The molecule has 0 spiro atoms. The van der Waals surface area contributed by atoms with E-state index in [2.05, 4.69) is 22.2 Å². The van der Waals surface area contributed by atoms with Crippen LogP contribution in [0.25, 0.3) is 11.1 Å². The van der Waals surface area contributed by atoms with Crippen LogP contribution in [0.5, 0.6) is 0 Å². The van der Waals surface area contributed by atoms with Crippen LogP contribution in [-0.4, -0.2) is 63.3 Å². The van der Waals surface area contributed by atoms with Crippen molar-refractivity contribution >= 4 is 39.7 Å². The number of nitrogens with zero attached hydrogens (tertiary/aromatic N) is 4. The number of hydrogen-bond donors (Lipinski definition) is 1. The van der Waals surface area contributed by atoms with Gasteiger partial charge < -0.3 is 24.1 Å². The summed E-state index contributed by atoms with van der Waals surface area (Å²) in [6.07, 6.45) is 5.09. The molecule has 8 nitrogen and oxygen atoms in total. The van der Waals surface area contributed by atoms with Crippen LogP contribution in [0.2, 0.25) is 0 Å². The van der Waals surface area contributed by atoms with E-state index in [1.165, 1.54) is 18.5 Å². The molecule has 1 unspecified atom stereocenters. The number of hydrogen-bond acceptors (Lipinski definition) is 7. The zero-order valence-electron chi connectivity index (χ0n) is 18.9. The number of benzene rings is 1. The van der Waals surface area contributed by atoms with Gasteiger partial charge in [0.15, 0.2) is 4.90 Å². The highest BCUT2D eigenvalue weighted by atomic mass is 32.2. The number of amides is 1. The first-order valence-corrected chi connectivity index (χ1v) is 12.5. The van der Waals surface area contributed by atoms with Gasteiger partial charge in [-0.25, -0.2) is 14.4 Å². The van der Waals surface area contributed by atoms with Crippen LogP contribution in [0, 0.1) is 12.7 Å². The van der Waals surface area contributed by atoms with E-state index in [-0.39, 0.29) is 11.4 Å². The van der Waals surface area contributed by atoms with E-state index in [1.807, 2.05) is 4.90 Å². The van der Waals surface area contributed by atoms with Crippen molar-refractivity contribution in [1.29, 1.82) is 0 Å². The van der Waals surface area contributed by atoms with E-state index in [4.69, 9.17) is 4.42 Å². The van der Waals surface area contributed by atoms with Crippen LogP contribution < -0.4 is 10.2 Å². The summed E-state index contributed by atoms with van der Waals surface area (Å²) in [6.45, 7) is 5.96. The average Bonchev–Trinajstić information content (AvgIpc) is 3.41. The van der Waals surface area contributed by atoms with Crippen LogP contribution in [0.4, 0.5) is 15.9 Å². The number of furan rings is 1. The minimum atomic E-state index is -1.31. The van der Waals surface area contributed by atoms with Gasteiger partial charge in [0.1, 0.15) is 30.0 Å². The van der Waals surface area contributed by atoms with Crippen LogP contribution in [0.3, 0.4) is 0 Å². The minimum absolute atomic E-state index is 0.00930. The second-order valence-electron chi connectivity index (χ2n) is 8.97. The van der Waals surface area contributed by atoms with Crippen LogP contribution in [0.1, 0.15) is 35.9 Å². The van der Waals surface area contributed by atoms with Gasteiger partial charge in [0.2, 0.25) is 5.71 Å². The van der Waals surface area contributed by atoms with Crippen molar-refractivity contribution in [2.75, 3.05) is 42.7 Å². The summed E-state index contributed by atoms with van der Waals surface area (Å²) in [4.78, 5) is 26.5. The number of carbonyl (C=O) groups excluding carboxylic acids is 1. The third kappa shape index (κ3) is 4.13. The highest BCUT2D eigenvalue weighted by molar-refractivity contribution is 7.90. The van der Waals surface area contributed by atoms with E-state index in [1.54, 1.807) is 24.1 Å². The van der Waals surface area contributed by atoms with E-state index in [9.17, 15) is 13.7 Å². The average molecular weight is 472 g/mol. The topological polar surface area (TPSA) is 97.6 Å². The summed E-state index contributed by atoms with van der Waals surface area (Å²) in [5.74, 6) is 0.610. The molecule has 1 saturated heterocycles. The smallest absolute Gasteiger partial charge is 0.258 e. The van der Waals surface area contributed by atoms with Crippen molar-refractivity contribution in [2.45, 2.75) is 37.1 Å². The van der Waals surface area contributed by atoms with Gasteiger partial charge >= 0.3 is 0 Å². The number of fused-ring (bicyclic) bond motifs is 1. The van der Waals surface area contributed by atoms with Gasteiger partial charge in [-0.1, -0.05) is 0 Å². The first-order valence-electron chi connectivity index (χ1n) is 11.0. The predicted octanol–water partition coefficient (Wildman–Crippen LogP) is 3.33. The molecule has 0 radical (unpaired) electrons. The van der Waals surface area contributed by atoms with E-state index in [0.29, 0.717) is 59.3 Å². The molecule has 1 atom stereocenters. The molecule has 0 bridgehead atoms. The number of carbonyl (C=O) groups is 1. The lowest BCUT2D eigenvalue weighted by Gasteiger charge is -2.36. The summed E-state index contributed by atoms with van der Waals surface area (Å²) in [7, 11) is 0. The van der Waals surface area contributed by atoms with Gasteiger partial charge in [-0.15, -0.1) is 0 Å². The highest BCUT2D eigenvalue weighted by Gasteiger charge is 2.39. The number of nitrogens with one attached hydrogen (secondary N) is 1. The van der Waals surface area contributed by atoms with Crippen molar-refractivity contribution in [2.24, 2.45) is 0 Å². The lowest BCUT2D eigenvalue weighted by molar-refractivity contribution is 0.0746. The molecule has 1 saturated carbocycles. The Balaban J connectivity index is 1.38. The third-order valence-corrected chi connectivity index (χ3v) is 7.38. The largest absolute Gasteiger partial charge is 0.612 e. The van der Waals surface area contributed by atoms with Crippen molar-refractivity contribution in [3.05, 3.63) is 41.7 Å². The number of halogens is 1. The number of aromatic nitrogens is 2. The van der Waals surface area contributed by atoms with E-state index < -0.39 is 17.0 Å². The van der Waals surface area contributed by atoms with Crippen LogP contribution >= 0.6 is 0 Å². The Kier molecular flexibility index (Phi) is 5.44. The van der Waals surface area contributed by atoms with Crippen molar-refractivity contribution in [3.8, 4) is 0 Å². The molecule has 2 fully saturated rings. The fraction of sp³-hybridized carbons (Fsp3) is 0.435. The molecule has 174 valence electrons. The third-order valence-electron chi connectivity index (χ3n) is 6.44. The Morgan fingerprint density at radius 3 is 2.64 bits per heavy atom. The van der Waals surface area contributed by atoms with E-state index >= 15 is 0 Å². The van der Waals surface area contributed by atoms with Gasteiger partial charge in [0, 0.05) is 37.8 Å². The molecule has 1 aliphatic carbocycles. The molecule has 1 N–H and O–H groups in total. The maximum Gasteiger partial charge on any atom is 0.258 e. The van der Waals surface area contributed by atoms with Crippen molar-refractivity contribution < 1.29 is 18.2 Å². The number of piperazine rings is 1. The molecular weight excluding hydrogens is 445 g/mol. The summed E-state index contributed by atoms with van der Waals surface area (Å²) in [6, 6.07) is 4.35. The van der Waals surface area contributed by atoms with Crippen molar-refractivity contribution in [3.63, 3.8) is 0 Å². The summed E-state index contributed by atoms with van der Waals surface area (Å²) >= 11 is -1.31. The fourth-order valence-electron chi connectivity index (χ4n) is 4.28. The first kappa shape index (κ1) is 22.0. The molecular formula is C23H26FN5O3S. The SMILES string of the molecule is Cc1oc2ncnc(NC3(C)CC3)c2c1C(=O)N1CCN(c2ccc(F)cc2[S+](C)[O-])CC1. The number of anilines is 2. The molecule has 5 rings (SSSR count). The monoisotopic (exact) mass is 471 g/mol. The highest BCUT2D eigenvalue weighted by Crippen LogP contribution is 2.40. The fourth-order valence-corrected chi connectivity index (χ4v) is 5.05. The first-order chi connectivity index (χ1) is 15.8. The lowest BCUT2D eigenvalue weighted by atomic mass is 10.1. The zero-order valence-corrected chi connectivity index (χ0v) is 19.7. The molecule has 33 heavy (non-hydrogen) atoms. The summed E-state index contributed by atoms with van der Waals surface area (Å²) in [5.41, 5.74) is 1.62. The Morgan fingerprint density at radius 1 is 1.24 bits per heavy atom. The summed E-state index contributed by atoms with van der Waals surface area (Å²) in [5, 5.41) is 4.07. The molecule has 2 aliphatic rings. The van der Waals surface area contributed by atoms with E-state index in [0.717, 1.165) is 18.5 Å². The predicted molar refractivity (Wildman–Crippen MR) is 125 cm³/mol. The molecule has 3 heterocycles. The maximum atomic E-state index is 13.7. The molecule has 1 aliphatic heterocycles. The lowest BCUT2D eigenvalue weighted by Crippen LogP contribution is -2.49. The quantitative estimate of drug-likeness (QED) is 0.570. The van der Waals surface area contributed by atoms with Gasteiger partial charge in [-0.05, 0) is 50.0 Å². The normalized spacial score (nSPS) is 18.5. The molecule has 1 amide bonds. The van der Waals surface area contributed by atoms with Gasteiger partial charge in [0.05, 0.1) is 16.6 Å². The number of aryl methyl sites for hydroxylation is 1. The number of rotatable bonds is 5. The molecule has 1 aromatic carbocycles. The summed E-state index contributed by atoms with van der Waals surface area (Å²) < 4.78 is 31.6.